The van der Waals surface area contributed by atoms with Gasteiger partial charge in [0.2, 0.25) is 5.82 Å². The number of rotatable bonds is 5. The topological polar surface area (TPSA) is 127 Å². The van der Waals surface area contributed by atoms with E-state index in [9.17, 15) is 0 Å². The highest BCUT2D eigenvalue weighted by molar-refractivity contribution is 5.66. The van der Waals surface area contributed by atoms with Gasteiger partial charge >= 0.3 is 0 Å². The maximum Gasteiger partial charge on any atom is 0.282 e. The number of methoxy groups -OCH3 is 2. The van der Waals surface area contributed by atoms with Crippen molar-refractivity contribution < 1.29 is 14.0 Å². The summed E-state index contributed by atoms with van der Waals surface area (Å²) in [4.78, 5) is 8.36. The number of nitrogen functional groups attached to an aromatic ring is 1. The van der Waals surface area contributed by atoms with Gasteiger partial charge in [0.05, 0.1) is 19.9 Å². The molecule has 136 valence electrons. The number of hydrogen-bond acceptors (Lipinski definition) is 9. The van der Waals surface area contributed by atoms with Crippen molar-refractivity contribution in [2.75, 3.05) is 20.0 Å². The lowest BCUT2D eigenvalue weighted by Crippen LogP contribution is -2.03. The average Bonchev–Trinajstić information content (AvgIpc) is 3.35. The molecule has 0 unspecified atom stereocenters. The van der Waals surface area contributed by atoms with Gasteiger partial charge in [-0.15, -0.1) is 5.10 Å². The predicted octanol–water partition coefficient (Wildman–Crippen LogP) is 1.98. The van der Waals surface area contributed by atoms with E-state index < -0.39 is 0 Å². The zero-order valence-electron chi connectivity index (χ0n) is 14.5. The van der Waals surface area contributed by atoms with Crippen LogP contribution in [0, 0.1) is 0 Å². The van der Waals surface area contributed by atoms with Crippen LogP contribution in [-0.2, 0) is 0 Å². The SMILES string of the molecule is COc1cc(OC)cc(-n2nnc(-c3nc(-c4cccnc4)no3)c2N)c1. The molecule has 0 fully saturated rings. The molecule has 3 heterocycles. The van der Waals surface area contributed by atoms with Crippen LogP contribution < -0.4 is 15.2 Å². The number of pyridine rings is 1. The molecule has 4 aromatic rings. The van der Waals surface area contributed by atoms with E-state index >= 15 is 0 Å². The summed E-state index contributed by atoms with van der Waals surface area (Å²) in [5.41, 5.74) is 7.83. The van der Waals surface area contributed by atoms with Crippen LogP contribution in [0.1, 0.15) is 0 Å². The highest BCUT2D eigenvalue weighted by Crippen LogP contribution is 2.29. The third-order valence-corrected chi connectivity index (χ3v) is 3.83. The Morgan fingerprint density at radius 2 is 1.89 bits per heavy atom. The van der Waals surface area contributed by atoms with Gasteiger partial charge in [0.1, 0.15) is 11.5 Å². The van der Waals surface area contributed by atoms with Gasteiger partial charge in [0.15, 0.2) is 11.5 Å². The monoisotopic (exact) mass is 365 g/mol. The molecule has 2 N–H and O–H groups in total. The summed E-state index contributed by atoms with van der Waals surface area (Å²) in [5.74, 6) is 1.98. The Morgan fingerprint density at radius 3 is 2.56 bits per heavy atom. The molecule has 0 radical (unpaired) electrons. The van der Waals surface area contributed by atoms with E-state index in [-0.39, 0.29) is 17.4 Å². The number of aromatic nitrogens is 6. The number of benzene rings is 1. The summed E-state index contributed by atoms with van der Waals surface area (Å²) in [6, 6.07) is 8.87. The van der Waals surface area contributed by atoms with E-state index in [2.05, 4.69) is 25.4 Å². The van der Waals surface area contributed by atoms with Gasteiger partial charge in [-0.2, -0.15) is 9.67 Å². The Kier molecular flexibility index (Phi) is 4.13. The largest absolute Gasteiger partial charge is 0.497 e. The molecule has 0 atom stereocenters. The number of nitrogens with zero attached hydrogens (tertiary/aromatic N) is 6. The van der Waals surface area contributed by atoms with Crippen LogP contribution in [0.4, 0.5) is 5.82 Å². The Morgan fingerprint density at radius 1 is 1.11 bits per heavy atom. The van der Waals surface area contributed by atoms with Crippen LogP contribution in [-0.4, -0.2) is 44.3 Å². The Hall–Kier alpha value is -3.95. The average molecular weight is 365 g/mol. The third kappa shape index (κ3) is 3.03. The van der Waals surface area contributed by atoms with Crippen LogP contribution in [0.3, 0.4) is 0 Å². The van der Waals surface area contributed by atoms with Gasteiger partial charge in [-0.25, -0.2) is 0 Å². The van der Waals surface area contributed by atoms with E-state index in [1.54, 1.807) is 50.9 Å². The van der Waals surface area contributed by atoms with Crippen LogP contribution in [0.25, 0.3) is 28.7 Å². The molecule has 3 aromatic heterocycles. The van der Waals surface area contributed by atoms with Gasteiger partial charge in [-0.1, -0.05) is 10.4 Å². The minimum atomic E-state index is 0.160. The normalized spacial score (nSPS) is 10.7. The second kappa shape index (κ2) is 6.75. The van der Waals surface area contributed by atoms with Crippen molar-refractivity contribution >= 4 is 5.82 Å². The first-order valence-electron chi connectivity index (χ1n) is 7.88. The number of anilines is 1. The van der Waals surface area contributed by atoms with Crippen molar-refractivity contribution in [2.24, 2.45) is 0 Å². The van der Waals surface area contributed by atoms with E-state index in [1.165, 1.54) is 4.68 Å². The standard InChI is InChI=1S/C17H15N7O3/c1-25-12-6-11(7-13(8-12)26-2)24-15(18)14(21-23-24)17-20-16(22-27-17)10-4-3-5-19-9-10/h3-9H,18H2,1-2H3. The van der Waals surface area contributed by atoms with Crippen LogP contribution >= 0.6 is 0 Å². The summed E-state index contributed by atoms with van der Waals surface area (Å²) in [7, 11) is 3.13. The molecule has 1 aromatic carbocycles. The minimum Gasteiger partial charge on any atom is -0.497 e. The van der Waals surface area contributed by atoms with E-state index in [0.717, 1.165) is 5.56 Å². The summed E-state index contributed by atoms with van der Waals surface area (Å²) in [5, 5.41) is 12.1. The summed E-state index contributed by atoms with van der Waals surface area (Å²) >= 11 is 0. The first-order valence-corrected chi connectivity index (χ1v) is 7.88. The van der Waals surface area contributed by atoms with Crippen molar-refractivity contribution in [1.29, 1.82) is 0 Å². The van der Waals surface area contributed by atoms with Crippen LogP contribution in [0.15, 0.2) is 47.2 Å². The van der Waals surface area contributed by atoms with Gasteiger partial charge in [0.25, 0.3) is 5.89 Å². The quantitative estimate of drug-likeness (QED) is 0.564. The van der Waals surface area contributed by atoms with Crippen LogP contribution in [0.2, 0.25) is 0 Å². The first-order chi connectivity index (χ1) is 13.2. The Bertz CT molecular complexity index is 1050. The molecule has 0 amide bonds. The zero-order valence-corrected chi connectivity index (χ0v) is 14.5. The van der Waals surface area contributed by atoms with Gasteiger partial charge < -0.3 is 19.7 Å². The maximum absolute atomic E-state index is 6.21. The summed E-state index contributed by atoms with van der Waals surface area (Å²) in [6.07, 6.45) is 3.30. The molecule has 0 spiro atoms. The maximum atomic E-state index is 6.21. The lowest BCUT2D eigenvalue weighted by molar-refractivity contribution is 0.394. The fraction of sp³-hybridized carbons (Fsp3) is 0.118. The summed E-state index contributed by atoms with van der Waals surface area (Å²) in [6.45, 7) is 0. The molecule has 10 nitrogen and oxygen atoms in total. The Labute approximate surface area is 153 Å². The smallest absolute Gasteiger partial charge is 0.282 e. The zero-order chi connectivity index (χ0) is 18.8. The highest BCUT2D eigenvalue weighted by atomic mass is 16.5. The molecule has 0 saturated heterocycles. The Balaban J connectivity index is 1.72. The van der Waals surface area contributed by atoms with Crippen molar-refractivity contribution in [3.63, 3.8) is 0 Å². The third-order valence-electron chi connectivity index (χ3n) is 3.83. The molecule has 0 aliphatic carbocycles. The lowest BCUT2D eigenvalue weighted by Gasteiger charge is -2.08. The first kappa shape index (κ1) is 16.5. The van der Waals surface area contributed by atoms with E-state index in [1.807, 2.05) is 6.07 Å². The van der Waals surface area contributed by atoms with Crippen molar-refractivity contribution in [3.05, 3.63) is 42.7 Å². The minimum absolute atomic E-state index is 0.160. The number of nitrogens with two attached hydrogens (primary N) is 1. The molecular weight excluding hydrogens is 350 g/mol. The molecule has 0 aliphatic heterocycles. The molecule has 0 aliphatic rings. The predicted molar refractivity (Wildman–Crippen MR) is 95.4 cm³/mol. The number of hydrogen-bond donors (Lipinski definition) is 1. The van der Waals surface area contributed by atoms with Gasteiger partial charge in [-0.3, -0.25) is 4.98 Å². The van der Waals surface area contributed by atoms with E-state index in [0.29, 0.717) is 23.0 Å². The highest BCUT2D eigenvalue weighted by Gasteiger charge is 2.20. The number of ether oxygens (including phenoxy) is 2. The fourth-order valence-corrected chi connectivity index (χ4v) is 2.48. The van der Waals surface area contributed by atoms with Gasteiger partial charge in [0, 0.05) is 36.2 Å². The van der Waals surface area contributed by atoms with Crippen molar-refractivity contribution in [2.45, 2.75) is 0 Å². The molecule has 10 heteroatoms. The molecule has 27 heavy (non-hydrogen) atoms. The van der Waals surface area contributed by atoms with Crippen molar-refractivity contribution in [1.82, 2.24) is 30.1 Å². The van der Waals surface area contributed by atoms with Gasteiger partial charge in [-0.05, 0) is 12.1 Å². The van der Waals surface area contributed by atoms with Crippen LogP contribution in [0.5, 0.6) is 11.5 Å². The molecular formula is C17H15N7O3. The molecule has 0 bridgehead atoms. The lowest BCUT2D eigenvalue weighted by atomic mass is 10.2. The summed E-state index contributed by atoms with van der Waals surface area (Å²) < 4.78 is 17.3. The molecule has 4 rings (SSSR count). The molecule has 0 saturated carbocycles. The second-order valence-electron chi connectivity index (χ2n) is 5.47. The van der Waals surface area contributed by atoms with Crippen molar-refractivity contribution in [3.8, 4) is 40.2 Å². The fourth-order valence-electron chi connectivity index (χ4n) is 2.48. The van der Waals surface area contributed by atoms with E-state index in [4.69, 9.17) is 19.7 Å². The second-order valence-corrected chi connectivity index (χ2v) is 5.47.